The van der Waals surface area contributed by atoms with Gasteiger partial charge in [0.05, 0.1) is 11.3 Å². The van der Waals surface area contributed by atoms with Crippen LogP contribution in [0.4, 0.5) is 5.69 Å². The number of carbonyl (C=O) groups is 2. The van der Waals surface area contributed by atoms with Crippen molar-refractivity contribution in [3.8, 4) is 11.1 Å². The molecule has 2 amide bonds. The van der Waals surface area contributed by atoms with Crippen LogP contribution < -0.4 is 10.0 Å². The van der Waals surface area contributed by atoms with Crippen molar-refractivity contribution in [2.24, 2.45) is 0 Å². The minimum Gasteiger partial charge on any atom is -0.321 e. The molecule has 0 saturated heterocycles. The summed E-state index contributed by atoms with van der Waals surface area (Å²) in [7, 11) is -3.86. The summed E-state index contributed by atoms with van der Waals surface area (Å²) >= 11 is 0. The Balaban J connectivity index is 1.61. The second-order valence-corrected chi connectivity index (χ2v) is 7.66. The predicted octanol–water partition coefficient (Wildman–Crippen LogP) is 3.04. The van der Waals surface area contributed by atoms with Crippen LogP contribution in [0.25, 0.3) is 11.1 Å². The summed E-state index contributed by atoms with van der Waals surface area (Å²) in [6, 6.07) is 21.1. The SMILES string of the molecule is O=C(Nc1cccc2c1C(=O)NS2(=O)=O)c1ccc(-c2ccccc2)cc1. The molecule has 4 rings (SSSR count). The molecular formula is C20H14N2O4S. The number of hydrogen-bond donors (Lipinski definition) is 2. The monoisotopic (exact) mass is 378 g/mol. The van der Waals surface area contributed by atoms with Gasteiger partial charge < -0.3 is 5.32 Å². The fourth-order valence-corrected chi connectivity index (χ4v) is 4.15. The van der Waals surface area contributed by atoms with Crippen molar-refractivity contribution in [3.63, 3.8) is 0 Å². The number of anilines is 1. The lowest BCUT2D eigenvalue weighted by molar-refractivity contribution is 0.0986. The Labute approximate surface area is 155 Å². The van der Waals surface area contributed by atoms with Gasteiger partial charge in [-0.15, -0.1) is 0 Å². The summed E-state index contributed by atoms with van der Waals surface area (Å²) in [6.07, 6.45) is 0. The zero-order chi connectivity index (χ0) is 19.0. The number of sulfonamides is 1. The van der Waals surface area contributed by atoms with Crippen molar-refractivity contribution >= 4 is 27.5 Å². The topological polar surface area (TPSA) is 92.3 Å². The number of fused-ring (bicyclic) bond motifs is 1. The highest BCUT2D eigenvalue weighted by Crippen LogP contribution is 2.29. The quantitative estimate of drug-likeness (QED) is 0.733. The molecule has 0 unspecified atom stereocenters. The van der Waals surface area contributed by atoms with E-state index in [4.69, 9.17) is 0 Å². The van der Waals surface area contributed by atoms with Gasteiger partial charge in [0.15, 0.2) is 0 Å². The van der Waals surface area contributed by atoms with Gasteiger partial charge in [0, 0.05) is 5.56 Å². The summed E-state index contributed by atoms with van der Waals surface area (Å²) in [4.78, 5) is 24.4. The van der Waals surface area contributed by atoms with E-state index in [1.807, 2.05) is 47.2 Å². The molecule has 3 aromatic carbocycles. The predicted molar refractivity (Wildman–Crippen MR) is 101 cm³/mol. The lowest BCUT2D eigenvalue weighted by Crippen LogP contribution is -2.21. The van der Waals surface area contributed by atoms with Gasteiger partial charge in [0.25, 0.3) is 21.8 Å². The molecule has 0 atom stereocenters. The Morgan fingerprint density at radius 1 is 0.815 bits per heavy atom. The van der Waals surface area contributed by atoms with E-state index < -0.39 is 21.8 Å². The second kappa shape index (κ2) is 6.37. The van der Waals surface area contributed by atoms with Gasteiger partial charge in [-0.2, -0.15) is 0 Å². The fourth-order valence-electron chi connectivity index (χ4n) is 2.96. The standard InChI is InChI=1S/C20H14N2O4S/c23-19(15-11-9-14(10-12-15)13-5-2-1-3-6-13)21-16-7-4-8-17-18(16)20(24)22-27(17,25)26/h1-12H,(H,21,23)(H,22,24). The van der Waals surface area contributed by atoms with Crippen LogP contribution in [-0.4, -0.2) is 20.2 Å². The zero-order valence-electron chi connectivity index (χ0n) is 14.0. The summed E-state index contributed by atoms with van der Waals surface area (Å²) in [5.41, 5.74) is 2.51. The molecule has 0 aromatic heterocycles. The average Bonchev–Trinajstić information content (AvgIpc) is 2.92. The van der Waals surface area contributed by atoms with Gasteiger partial charge in [0.1, 0.15) is 4.90 Å². The van der Waals surface area contributed by atoms with Crippen LogP contribution in [0.3, 0.4) is 0 Å². The molecule has 1 aliphatic rings. The molecule has 0 fully saturated rings. The van der Waals surface area contributed by atoms with Crippen LogP contribution in [0, 0.1) is 0 Å². The van der Waals surface area contributed by atoms with Crippen molar-refractivity contribution < 1.29 is 18.0 Å². The van der Waals surface area contributed by atoms with E-state index in [0.29, 0.717) is 5.56 Å². The second-order valence-electron chi connectivity index (χ2n) is 6.01. The first-order valence-electron chi connectivity index (χ1n) is 8.13. The lowest BCUT2D eigenvalue weighted by atomic mass is 10.0. The molecule has 0 bridgehead atoms. The van der Waals surface area contributed by atoms with Gasteiger partial charge >= 0.3 is 0 Å². The minimum absolute atomic E-state index is 0.0493. The van der Waals surface area contributed by atoms with E-state index in [-0.39, 0.29) is 16.1 Å². The van der Waals surface area contributed by atoms with Crippen molar-refractivity contribution in [1.82, 2.24) is 4.72 Å². The molecule has 2 N–H and O–H groups in total. The number of amides is 2. The molecule has 134 valence electrons. The normalized spacial score (nSPS) is 14.3. The van der Waals surface area contributed by atoms with Crippen LogP contribution in [0.2, 0.25) is 0 Å². The molecule has 0 spiro atoms. The maximum atomic E-state index is 12.5. The molecule has 0 saturated carbocycles. The maximum absolute atomic E-state index is 12.5. The molecule has 0 radical (unpaired) electrons. The fraction of sp³-hybridized carbons (Fsp3) is 0. The Morgan fingerprint density at radius 3 is 2.19 bits per heavy atom. The molecule has 0 aliphatic carbocycles. The Hall–Kier alpha value is -3.45. The third-order valence-corrected chi connectivity index (χ3v) is 5.65. The molecule has 3 aromatic rings. The van der Waals surface area contributed by atoms with Crippen molar-refractivity contribution in [3.05, 3.63) is 83.9 Å². The van der Waals surface area contributed by atoms with E-state index in [1.165, 1.54) is 18.2 Å². The van der Waals surface area contributed by atoms with Gasteiger partial charge in [-0.3, -0.25) is 9.59 Å². The van der Waals surface area contributed by atoms with E-state index in [0.717, 1.165) is 11.1 Å². The highest BCUT2D eigenvalue weighted by Gasteiger charge is 2.34. The van der Waals surface area contributed by atoms with Gasteiger partial charge in [0.2, 0.25) is 0 Å². The van der Waals surface area contributed by atoms with Crippen molar-refractivity contribution in [1.29, 1.82) is 0 Å². The van der Waals surface area contributed by atoms with Crippen LogP contribution >= 0.6 is 0 Å². The van der Waals surface area contributed by atoms with Crippen LogP contribution in [0.5, 0.6) is 0 Å². The van der Waals surface area contributed by atoms with Crippen LogP contribution in [-0.2, 0) is 10.0 Å². The number of carbonyl (C=O) groups excluding carboxylic acids is 2. The van der Waals surface area contributed by atoms with E-state index >= 15 is 0 Å². The van der Waals surface area contributed by atoms with Crippen LogP contribution in [0.1, 0.15) is 20.7 Å². The molecule has 6 nitrogen and oxygen atoms in total. The highest BCUT2D eigenvalue weighted by atomic mass is 32.2. The first-order valence-corrected chi connectivity index (χ1v) is 9.61. The van der Waals surface area contributed by atoms with E-state index in [9.17, 15) is 18.0 Å². The highest BCUT2D eigenvalue weighted by molar-refractivity contribution is 7.90. The number of hydrogen-bond acceptors (Lipinski definition) is 4. The third kappa shape index (κ3) is 3.09. The Bertz CT molecular complexity index is 1150. The lowest BCUT2D eigenvalue weighted by Gasteiger charge is -2.09. The van der Waals surface area contributed by atoms with Crippen molar-refractivity contribution in [2.45, 2.75) is 4.90 Å². The molecule has 27 heavy (non-hydrogen) atoms. The number of benzene rings is 3. The van der Waals surface area contributed by atoms with Gasteiger partial charge in [-0.1, -0.05) is 48.5 Å². The van der Waals surface area contributed by atoms with Gasteiger partial charge in [-0.25, -0.2) is 13.1 Å². The third-order valence-electron chi connectivity index (χ3n) is 4.27. The zero-order valence-corrected chi connectivity index (χ0v) is 14.8. The summed E-state index contributed by atoms with van der Waals surface area (Å²) in [6.45, 7) is 0. The van der Waals surface area contributed by atoms with E-state index in [2.05, 4.69) is 5.32 Å². The average molecular weight is 378 g/mol. The van der Waals surface area contributed by atoms with E-state index in [1.54, 1.807) is 12.1 Å². The van der Waals surface area contributed by atoms with Crippen molar-refractivity contribution in [2.75, 3.05) is 5.32 Å². The smallest absolute Gasteiger partial charge is 0.268 e. The molecule has 1 aliphatic heterocycles. The molecular weight excluding hydrogens is 364 g/mol. The Morgan fingerprint density at radius 2 is 1.48 bits per heavy atom. The number of rotatable bonds is 3. The Kier molecular flexibility index (Phi) is 4.01. The first kappa shape index (κ1) is 17.0. The molecule has 1 heterocycles. The number of nitrogens with one attached hydrogen (secondary N) is 2. The summed E-state index contributed by atoms with van der Waals surface area (Å²) in [5, 5.41) is 2.62. The largest absolute Gasteiger partial charge is 0.321 e. The van der Waals surface area contributed by atoms with Gasteiger partial charge in [-0.05, 0) is 35.4 Å². The first-order chi connectivity index (χ1) is 13.0. The molecule has 7 heteroatoms. The summed E-state index contributed by atoms with van der Waals surface area (Å²) < 4.78 is 25.7. The maximum Gasteiger partial charge on any atom is 0.268 e. The summed E-state index contributed by atoms with van der Waals surface area (Å²) in [5.74, 6) is -1.18. The minimum atomic E-state index is -3.86. The van der Waals surface area contributed by atoms with Crippen LogP contribution in [0.15, 0.2) is 77.7 Å².